The molecule has 2 aromatic carbocycles. The van der Waals surface area contributed by atoms with Crippen LogP contribution in [-0.4, -0.2) is 34.1 Å². The van der Waals surface area contributed by atoms with Gasteiger partial charge in [0, 0.05) is 24.0 Å². The third-order valence-electron chi connectivity index (χ3n) is 5.81. The summed E-state index contributed by atoms with van der Waals surface area (Å²) in [5.41, 5.74) is 7.81. The summed E-state index contributed by atoms with van der Waals surface area (Å²) in [5.74, 6) is 1.09. The maximum atomic E-state index is 6.15. The van der Waals surface area contributed by atoms with Gasteiger partial charge in [-0.15, -0.1) is 11.3 Å². The average Bonchev–Trinajstić information content (AvgIpc) is 3.47. The minimum atomic E-state index is 0.510. The molecule has 0 unspecified atom stereocenters. The van der Waals surface area contributed by atoms with E-state index >= 15 is 0 Å². The Morgan fingerprint density at radius 1 is 1.03 bits per heavy atom. The van der Waals surface area contributed by atoms with Gasteiger partial charge >= 0.3 is 0 Å². The van der Waals surface area contributed by atoms with Crippen LogP contribution in [0.3, 0.4) is 0 Å². The number of benzene rings is 2. The summed E-state index contributed by atoms with van der Waals surface area (Å²) in [6.45, 7) is 4.07. The Morgan fingerprint density at radius 2 is 1.82 bits per heavy atom. The molecule has 1 saturated heterocycles. The van der Waals surface area contributed by atoms with E-state index in [-0.39, 0.29) is 0 Å². The molecule has 0 amide bonds. The van der Waals surface area contributed by atoms with Crippen LogP contribution in [0.5, 0.6) is 0 Å². The summed E-state index contributed by atoms with van der Waals surface area (Å²) >= 11 is 13.7. The van der Waals surface area contributed by atoms with Crippen molar-refractivity contribution in [1.82, 2.24) is 14.8 Å². The molecule has 1 fully saturated rings. The number of hydrazone groups is 1. The molecule has 0 spiro atoms. The fraction of sp³-hybridized carbons (Fsp3) is 0.240. The van der Waals surface area contributed by atoms with Crippen LogP contribution in [0.2, 0.25) is 10.0 Å². The van der Waals surface area contributed by atoms with E-state index in [4.69, 9.17) is 28.3 Å². The topological polar surface area (TPSA) is 58.3 Å². The van der Waals surface area contributed by atoms with Crippen molar-refractivity contribution in [1.29, 1.82) is 0 Å². The van der Waals surface area contributed by atoms with E-state index in [1.54, 1.807) is 6.07 Å². The molecule has 6 nitrogen and oxygen atoms in total. The summed E-state index contributed by atoms with van der Waals surface area (Å²) in [7, 11) is 0. The first-order valence-electron chi connectivity index (χ1n) is 11.2. The molecule has 0 atom stereocenters. The predicted molar refractivity (Wildman–Crippen MR) is 143 cm³/mol. The number of aromatic nitrogens is 3. The fourth-order valence-electron chi connectivity index (χ4n) is 4.10. The van der Waals surface area contributed by atoms with Crippen molar-refractivity contribution >= 4 is 51.7 Å². The molecule has 4 aromatic rings. The highest BCUT2D eigenvalue weighted by Crippen LogP contribution is 2.31. The quantitative estimate of drug-likeness (QED) is 0.223. The van der Waals surface area contributed by atoms with Gasteiger partial charge in [-0.25, -0.2) is 9.67 Å². The van der Waals surface area contributed by atoms with Gasteiger partial charge in [-0.3, -0.25) is 5.43 Å². The number of thiazole rings is 1. The van der Waals surface area contributed by atoms with Crippen LogP contribution in [-0.2, 0) is 0 Å². The first-order valence-corrected chi connectivity index (χ1v) is 12.8. The van der Waals surface area contributed by atoms with Gasteiger partial charge in [0.25, 0.3) is 0 Å². The van der Waals surface area contributed by atoms with Crippen molar-refractivity contribution < 1.29 is 0 Å². The van der Waals surface area contributed by atoms with E-state index in [1.807, 2.05) is 53.5 Å². The summed E-state index contributed by atoms with van der Waals surface area (Å²) in [6.07, 6.45) is 5.49. The molecular formula is C25H24Cl2N6S. The lowest BCUT2D eigenvalue weighted by Gasteiger charge is -2.29. The molecule has 3 heterocycles. The van der Waals surface area contributed by atoms with Crippen molar-refractivity contribution in [2.75, 3.05) is 23.4 Å². The second-order valence-electron chi connectivity index (χ2n) is 8.15. The van der Waals surface area contributed by atoms with Crippen molar-refractivity contribution in [3.63, 3.8) is 0 Å². The smallest absolute Gasteiger partial charge is 0.203 e. The van der Waals surface area contributed by atoms with Crippen LogP contribution in [0.15, 0.2) is 59.0 Å². The van der Waals surface area contributed by atoms with Crippen LogP contribution in [0.4, 0.5) is 10.9 Å². The number of rotatable bonds is 6. The van der Waals surface area contributed by atoms with Gasteiger partial charge in [0.15, 0.2) is 0 Å². The van der Waals surface area contributed by atoms with Crippen LogP contribution in [0.25, 0.3) is 16.9 Å². The normalized spacial score (nSPS) is 14.1. The summed E-state index contributed by atoms with van der Waals surface area (Å²) < 4.78 is 2.04. The molecule has 5 rings (SSSR count). The second-order valence-corrected chi connectivity index (χ2v) is 9.83. The molecule has 0 aliphatic carbocycles. The monoisotopic (exact) mass is 510 g/mol. The van der Waals surface area contributed by atoms with Crippen molar-refractivity contribution in [3.05, 3.63) is 75.2 Å². The van der Waals surface area contributed by atoms with Gasteiger partial charge in [-0.1, -0.05) is 47.5 Å². The molecule has 174 valence electrons. The molecule has 2 aromatic heterocycles. The second kappa shape index (κ2) is 10.2. The number of aryl methyl sites for hydroxylation is 1. The fourth-order valence-corrected chi connectivity index (χ4v) is 5.07. The number of para-hydroxylation sites is 1. The average molecular weight is 511 g/mol. The Bertz CT molecular complexity index is 1310. The minimum Gasteiger partial charge on any atom is -0.356 e. The van der Waals surface area contributed by atoms with Crippen LogP contribution < -0.4 is 10.3 Å². The number of nitrogens with one attached hydrogen (secondary N) is 1. The lowest BCUT2D eigenvalue weighted by Crippen LogP contribution is -2.32. The summed E-state index contributed by atoms with van der Waals surface area (Å²) in [5, 5.41) is 13.1. The molecule has 9 heteroatoms. The number of hydrogen-bond acceptors (Lipinski definition) is 6. The van der Waals surface area contributed by atoms with E-state index in [9.17, 15) is 0 Å². The Hall–Kier alpha value is -2.87. The Labute approximate surface area is 212 Å². The maximum absolute atomic E-state index is 6.15. The van der Waals surface area contributed by atoms with Crippen molar-refractivity contribution in [3.8, 4) is 16.9 Å². The molecule has 0 saturated carbocycles. The molecule has 0 radical (unpaired) electrons. The molecule has 1 N–H and O–H groups in total. The largest absolute Gasteiger partial charge is 0.356 e. The summed E-state index contributed by atoms with van der Waals surface area (Å²) in [4.78, 5) is 7.05. The number of hydrogen-bond donors (Lipinski definition) is 1. The minimum absolute atomic E-state index is 0.510. The zero-order valence-corrected chi connectivity index (χ0v) is 21.0. The number of anilines is 2. The zero-order chi connectivity index (χ0) is 23.5. The molecular weight excluding hydrogens is 487 g/mol. The highest BCUT2D eigenvalue weighted by Gasteiger charge is 2.22. The first kappa shape index (κ1) is 22.9. The van der Waals surface area contributed by atoms with E-state index < -0.39 is 0 Å². The van der Waals surface area contributed by atoms with Gasteiger partial charge in [0.1, 0.15) is 5.82 Å². The SMILES string of the molecule is Cc1nn(-c2ccccc2)c(N2CCCCC2)c1/C=N/Nc1nc(-c2ccc(Cl)c(Cl)c2)cs1. The van der Waals surface area contributed by atoms with Crippen molar-refractivity contribution in [2.45, 2.75) is 26.2 Å². The Balaban J connectivity index is 1.41. The highest BCUT2D eigenvalue weighted by molar-refractivity contribution is 7.14. The first-order chi connectivity index (χ1) is 16.6. The van der Waals surface area contributed by atoms with Crippen molar-refractivity contribution in [2.24, 2.45) is 5.10 Å². The van der Waals surface area contributed by atoms with E-state index in [1.165, 1.54) is 30.6 Å². The number of piperidine rings is 1. The standard InChI is InChI=1S/C25H24Cl2N6S/c1-17-20(15-28-30-25-29-23(16-34-25)18-10-11-21(26)22(27)14-18)24(32-12-6-3-7-13-32)33(31-17)19-8-4-2-5-9-19/h2,4-5,8-11,14-16H,3,6-7,12-13H2,1H3,(H,29,30)/b28-15+. The van der Waals surface area contributed by atoms with Gasteiger partial charge in [0.05, 0.1) is 38.9 Å². The molecule has 0 bridgehead atoms. The Morgan fingerprint density at radius 3 is 2.59 bits per heavy atom. The van der Waals surface area contributed by atoms with Crippen LogP contribution in [0, 0.1) is 6.92 Å². The third-order valence-corrected chi connectivity index (χ3v) is 7.30. The van der Waals surface area contributed by atoms with E-state index in [2.05, 4.69) is 32.5 Å². The predicted octanol–water partition coefficient (Wildman–Crippen LogP) is 7.05. The van der Waals surface area contributed by atoms with Gasteiger partial charge < -0.3 is 4.90 Å². The van der Waals surface area contributed by atoms with Gasteiger partial charge in [-0.05, 0) is 50.5 Å². The maximum Gasteiger partial charge on any atom is 0.203 e. The van der Waals surface area contributed by atoms with Crippen LogP contribution >= 0.6 is 34.5 Å². The molecule has 34 heavy (non-hydrogen) atoms. The van der Waals surface area contributed by atoms with Gasteiger partial charge in [0.2, 0.25) is 5.13 Å². The zero-order valence-electron chi connectivity index (χ0n) is 18.7. The number of nitrogens with zero attached hydrogens (tertiary/aromatic N) is 5. The molecule has 1 aliphatic heterocycles. The molecule has 1 aliphatic rings. The Kier molecular flexibility index (Phi) is 6.85. The number of halogens is 2. The van der Waals surface area contributed by atoms with E-state index in [0.717, 1.165) is 47.1 Å². The third kappa shape index (κ3) is 4.82. The highest BCUT2D eigenvalue weighted by atomic mass is 35.5. The lowest BCUT2D eigenvalue weighted by molar-refractivity contribution is 0.567. The van der Waals surface area contributed by atoms with Gasteiger partial charge in [-0.2, -0.15) is 10.2 Å². The lowest BCUT2D eigenvalue weighted by atomic mass is 10.1. The van der Waals surface area contributed by atoms with E-state index in [0.29, 0.717) is 15.2 Å². The van der Waals surface area contributed by atoms with Crippen LogP contribution in [0.1, 0.15) is 30.5 Å². The summed E-state index contributed by atoms with van der Waals surface area (Å²) in [6, 6.07) is 15.8.